The number of rotatable bonds is 1. The number of hydrogen-bond acceptors (Lipinski definition) is 2. The lowest BCUT2D eigenvalue weighted by Crippen LogP contribution is -2.50. The number of halogens is 3. The lowest BCUT2D eigenvalue weighted by Gasteiger charge is -2.32. The number of nitrogens with zero attached hydrogens (tertiary/aromatic N) is 1. The van der Waals surface area contributed by atoms with E-state index in [1.54, 1.807) is 0 Å². The number of carbonyl (C=O) groups excluding carboxylic acids is 1. The Labute approximate surface area is 94.8 Å². The normalized spacial score (nSPS) is 17.1. The molecule has 88 valence electrons. The lowest BCUT2D eigenvalue weighted by atomic mass is 10.2. The van der Waals surface area contributed by atoms with Crippen LogP contribution in [0.2, 0.25) is 0 Å². The van der Waals surface area contributed by atoms with Gasteiger partial charge in [0.25, 0.3) is 0 Å². The zero-order valence-electron chi connectivity index (χ0n) is 8.41. The number of hydrogen-bond donors (Lipinski definition) is 0. The molecule has 1 aromatic rings. The Morgan fingerprint density at radius 3 is 2.82 bits per heavy atom. The number of carbonyl (C=O) groups is 1. The van der Waals surface area contributed by atoms with Gasteiger partial charge >= 0.3 is 12.0 Å². The second-order valence-corrected chi connectivity index (χ2v) is 3.33. The number of amides is 1. The second-order valence-electron chi connectivity index (χ2n) is 3.33. The van der Waals surface area contributed by atoms with E-state index in [1.807, 2.05) is 0 Å². The Balaban J connectivity index is 2.55. The quantitative estimate of drug-likeness (QED) is 0.701. The van der Waals surface area contributed by atoms with Crippen molar-refractivity contribution in [2.75, 3.05) is 11.4 Å². The highest BCUT2D eigenvalue weighted by molar-refractivity contribution is 6.01. The molecule has 0 aliphatic carbocycles. The van der Waals surface area contributed by atoms with E-state index in [9.17, 15) is 18.0 Å². The molecule has 0 radical (unpaired) electrons. The summed E-state index contributed by atoms with van der Waals surface area (Å²) in [6.07, 6.45) is 0.963. The highest BCUT2D eigenvalue weighted by atomic mass is 19.3. The molecule has 1 heterocycles. The molecule has 0 spiro atoms. The van der Waals surface area contributed by atoms with Crippen LogP contribution in [0.4, 0.5) is 18.9 Å². The third-order valence-electron chi connectivity index (χ3n) is 2.19. The van der Waals surface area contributed by atoms with Gasteiger partial charge in [-0.25, -0.2) is 4.39 Å². The smallest absolute Gasteiger partial charge is 0.423 e. The van der Waals surface area contributed by atoms with Gasteiger partial charge < -0.3 is 4.74 Å². The molecular formula is C11H6F3NO2. The van der Waals surface area contributed by atoms with Gasteiger partial charge in [-0.3, -0.25) is 9.69 Å². The van der Waals surface area contributed by atoms with Crippen LogP contribution in [0.1, 0.15) is 0 Å². The zero-order chi connectivity index (χ0) is 12.6. The van der Waals surface area contributed by atoms with Crippen LogP contribution in [-0.4, -0.2) is 18.6 Å². The van der Waals surface area contributed by atoms with Crippen molar-refractivity contribution < 1.29 is 22.7 Å². The summed E-state index contributed by atoms with van der Waals surface area (Å²) in [6, 6.07) is 2.97. The summed E-state index contributed by atoms with van der Waals surface area (Å²) < 4.78 is 43.4. The molecule has 0 saturated heterocycles. The van der Waals surface area contributed by atoms with Gasteiger partial charge in [-0.2, -0.15) is 8.78 Å². The van der Waals surface area contributed by atoms with E-state index in [0.717, 1.165) is 18.2 Å². The third kappa shape index (κ3) is 1.80. The fourth-order valence-corrected chi connectivity index (χ4v) is 1.49. The molecule has 2 rings (SSSR count). The molecule has 1 aliphatic heterocycles. The van der Waals surface area contributed by atoms with Crippen LogP contribution in [-0.2, 0) is 4.79 Å². The van der Waals surface area contributed by atoms with Crippen LogP contribution < -0.4 is 9.64 Å². The van der Waals surface area contributed by atoms with Crippen molar-refractivity contribution in [3.8, 4) is 18.1 Å². The summed E-state index contributed by atoms with van der Waals surface area (Å²) in [6.45, 7) is -0.337. The minimum absolute atomic E-state index is 0.0280. The minimum Gasteiger partial charge on any atom is -0.423 e. The van der Waals surface area contributed by atoms with Gasteiger partial charge in [-0.15, -0.1) is 6.42 Å². The Hall–Kier alpha value is -2.16. The number of benzene rings is 1. The summed E-state index contributed by atoms with van der Waals surface area (Å²) >= 11 is 0. The maximum Gasteiger partial charge on any atom is 0.483 e. The van der Waals surface area contributed by atoms with Crippen molar-refractivity contribution in [3.05, 3.63) is 24.0 Å². The van der Waals surface area contributed by atoms with Gasteiger partial charge in [-0.05, 0) is 12.1 Å². The molecule has 0 N–H and O–H groups in total. The maximum absolute atomic E-state index is 13.2. The van der Waals surface area contributed by atoms with Crippen LogP contribution in [0.3, 0.4) is 0 Å². The van der Waals surface area contributed by atoms with E-state index >= 15 is 0 Å². The average molecular weight is 241 g/mol. The highest BCUT2D eigenvalue weighted by Crippen LogP contribution is 2.39. The highest BCUT2D eigenvalue weighted by Gasteiger charge is 2.50. The van der Waals surface area contributed by atoms with Crippen molar-refractivity contribution in [2.24, 2.45) is 0 Å². The minimum atomic E-state index is -4.03. The fraction of sp³-hybridized carbons (Fsp3) is 0.182. The molecular weight excluding hydrogens is 235 g/mol. The van der Waals surface area contributed by atoms with E-state index in [0.29, 0.717) is 4.90 Å². The largest absolute Gasteiger partial charge is 0.483 e. The van der Waals surface area contributed by atoms with Crippen LogP contribution in [0, 0.1) is 18.2 Å². The van der Waals surface area contributed by atoms with E-state index in [4.69, 9.17) is 6.42 Å². The zero-order valence-corrected chi connectivity index (χ0v) is 8.41. The second kappa shape index (κ2) is 3.70. The first kappa shape index (κ1) is 11.3. The predicted octanol–water partition coefficient (Wildman–Crippen LogP) is 1.78. The number of alkyl halides is 2. The number of terminal acetylenes is 1. The molecule has 3 nitrogen and oxygen atoms in total. The molecule has 0 fully saturated rings. The molecule has 0 bridgehead atoms. The number of fused-ring (bicyclic) bond motifs is 1. The van der Waals surface area contributed by atoms with Crippen molar-refractivity contribution in [2.45, 2.75) is 6.11 Å². The molecule has 1 amide bonds. The first-order valence-corrected chi connectivity index (χ1v) is 4.57. The Morgan fingerprint density at radius 2 is 2.18 bits per heavy atom. The van der Waals surface area contributed by atoms with Crippen molar-refractivity contribution in [3.63, 3.8) is 0 Å². The Morgan fingerprint density at radius 1 is 1.47 bits per heavy atom. The maximum atomic E-state index is 13.2. The summed E-state index contributed by atoms with van der Waals surface area (Å²) in [5.74, 6) is -0.630. The molecule has 0 atom stereocenters. The van der Waals surface area contributed by atoms with Crippen LogP contribution >= 0.6 is 0 Å². The van der Waals surface area contributed by atoms with Crippen molar-refractivity contribution >= 4 is 11.6 Å². The monoisotopic (exact) mass is 241 g/mol. The Kier molecular flexibility index (Phi) is 2.46. The topological polar surface area (TPSA) is 29.5 Å². The van der Waals surface area contributed by atoms with Gasteiger partial charge in [0.1, 0.15) is 5.82 Å². The van der Waals surface area contributed by atoms with Gasteiger partial charge in [0.05, 0.1) is 12.2 Å². The number of ether oxygens (including phenoxy) is 1. The third-order valence-corrected chi connectivity index (χ3v) is 2.19. The van der Waals surface area contributed by atoms with E-state index in [-0.39, 0.29) is 12.2 Å². The molecule has 0 aromatic heterocycles. The van der Waals surface area contributed by atoms with Gasteiger partial charge in [-0.1, -0.05) is 5.92 Å². The standard InChI is InChI=1S/C11H6F3NO2/c1-2-5-15-8-4-3-7(12)6-9(8)17-11(13,14)10(15)16/h1,3-4,6H,5H2. The SMILES string of the molecule is C#CCN1C(=O)C(F)(F)Oc2cc(F)ccc21. The average Bonchev–Trinajstić information content (AvgIpc) is 2.24. The molecule has 6 heteroatoms. The van der Waals surface area contributed by atoms with Crippen LogP contribution in [0.25, 0.3) is 0 Å². The van der Waals surface area contributed by atoms with Gasteiger partial charge in [0.15, 0.2) is 5.75 Å². The van der Waals surface area contributed by atoms with Crippen LogP contribution in [0.5, 0.6) is 5.75 Å². The molecule has 0 saturated carbocycles. The summed E-state index contributed by atoms with van der Waals surface area (Å²) in [4.78, 5) is 12.0. The molecule has 17 heavy (non-hydrogen) atoms. The van der Waals surface area contributed by atoms with Crippen molar-refractivity contribution in [1.29, 1.82) is 0 Å². The first-order valence-electron chi connectivity index (χ1n) is 4.57. The van der Waals surface area contributed by atoms with E-state index < -0.39 is 23.6 Å². The summed E-state index contributed by atoms with van der Waals surface area (Å²) in [5.41, 5.74) is 0.0280. The van der Waals surface area contributed by atoms with Crippen molar-refractivity contribution in [1.82, 2.24) is 0 Å². The molecule has 1 aromatic carbocycles. The Bertz CT molecular complexity index is 522. The van der Waals surface area contributed by atoms with E-state index in [2.05, 4.69) is 10.7 Å². The molecule has 1 aliphatic rings. The first-order chi connectivity index (χ1) is 7.95. The summed E-state index contributed by atoms with van der Waals surface area (Å²) in [5, 5.41) is 0. The van der Waals surface area contributed by atoms with Crippen LogP contribution in [0.15, 0.2) is 18.2 Å². The number of anilines is 1. The molecule has 0 unspecified atom stereocenters. The lowest BCUT2D eigenvalue weighted by molar-refractivity contribution is -0.192. The van der Waals surface area contributed by atoms with Gasteiger partial charge in [0.2, 0.25) is 0 Å². The van der Waals surface area contributed by atoms with Gasteiger partial charge in [0, 0.05) is 6.07 Å². The summed E-state index contributed by atoms with van der Waals surface area (Å²) in [7, 11) is 0. The fourth-order valence-electron chi connectivity index (χ4n) is 1.49. The predicted molar refractivity (Wildman–Crippen MR) is 53.2 cm³/mol. The van der Waals surface area contributed by atoms with E-state index in [1.165, 1.54) is 0 Å².